The molecule has 0 bridgehead atoms. The molecule has 0 amide bonds. The van der Waals surface area contributed by atoms with Gasteiger partial charge in [0.2, 0.25) is 0 Å². The Hall–Kier alpha value is -1.06. The van der Waals surface area contributed by atoms with Crippen molar-refractivity contribution in [3.8, 4) is 5.75 Å². The first-order valence-corrected chi connectivity index (χ1v) is 8.29. The number of benzene rings is 1. The highest BCUT2D eigenvalue weighted by Crippen LogP contribution is 2.16. The second kappa shape index (κ2) is 8.40. The van der Waals surface area contributed by atoms with Crippen molar-refractivity contribution in [3.63, 3.8) is 0 Å². The molecular weight excluding hydrogens is 260 g/mol. The fourth-order valence-corrected chi connectivity index (χ4v) is 3.00. The molecule has 1 atom stereocenters. The van der Waals surface area contributed by atoms with Crippen molar-refractivity contribution in [2.24, 2.45) is 5.92 Å². The van der Waals surface area contributed by atoms with Crippen LogP contribution in [-0.4, -0.2) is 43.7 Å². The van der Waals surface area contributed by atoms with Gasteiger partial charge in [-0.05, 0) is 43.9 Å². The molecule has 1 unspecified atom stereocenters. The van der Waals surface area contributed by atoms with Crippen LogP contribution in [0.2, 0.25) is 0 Å². The van der Waals surface area contributed by atoms with Crippen LogP contribution in [0.25, 0.3) is 0 Å². The molecule has 1 saturated heterocycles. The van der Waals surface area contributed by atoms with Gasteiger partial charge in [-0.3, -0.25) is 4.90 Å². The number of hydrogen-bond donors (Lipinski definition) is 1. The second-order valence-electron chi connectivity index (χ2n) is 6.56. The highest BCUT2D eigenvalue weighted by atomic mass is 16.5. The van der Waals surface area contributed by atoms with E-state index in [1.165, 1.54) is 24.9 Å². The summed E-state index contributed by atoms with van der Waals surface area (Å²) in [5.74, 6) is 1.71. The molecule has 3 nitrogen and oxygen atoms in total. The summed E-state index contributed by atoms with van der Waals surface area (Å²) in [4.78, 5) is 2.55. The molecular formula is C18H30N2O. The summed E-state index contributed by atoms with van der Waals surface area (Å²) in [6, 6.07) is 8.92. The topological polar surface area (TPSA) is 24.5 Å². The third-order valence-electron chi connectivity index (χ3n) is 4.02. The monoisotopic (exact) mass is 290 g/mol. The quantitative estimate of drug-likeness (QED) is 0.796. The Balaban J connectivity index is 1.79. The minimum Gasteiger partial charge on any atom is -0.492 e. The third kappa shape index (κ3) is 5.68. The minimum atomic E-state index is 0.669. The van der Waals surface area contributed by atoms with Crippen LogP contribution >= 0.6 is 0 Å². The van der Waals surface area contributed by atoms with Gasteiger partial charge in [-0.2, -0.15) is 0 Å². The van der Waals surface area contributed by atoms with Crippen LogP contribution < -0.4 is 10.1 Å². The zero-order chi connectivity index (χ0) is 15.1. The van der Waals surface area contributed by atoms with E-state index >= 15 is 0 Å². The Morgan fingerprint density at radius 3 is 2.81 bits per heavy atom. The van der Waals surface area contributed by atoms with Crippen molar-refractivity contribution >= 4 is 0 Å². The van der Waals surface area contributed by atoms with Crippen LogP contribution in [0.5, 0.6) is 5.75 Å². The van der Waals surface area contributed by atoms with Crippen molar-refractivity contribution in [1.82, 2.24) is 10.2 Å². The number of rotatable bonds is 8. The minimum absolute atomic E-state index is 0.669. The number of para-hydroxylation sites is 1. The summed E-state index contributed by atoms with van der Waals surface area (Å²) >= 11 is 0. The van der Waals surface area contributed by atoms with E-state index in [4.69, 9.17) is 4.74 Å². The number of aryl methyl sites for hydroxylation is 1. The summed E-state index contributed by atoms with van der Waals surface area (Å²) in [7, 11) is 0. The zero-order valence-electron chi connectivity index (χ0n) is 13.8. The first kappa shape index (κ1) is 16.3. The van der Waals surface area contributed by atoms with Gasteiger partial charge >= 0.3 is 0 Å². The molecule has 118 valence electrons. The van der Waals surface area contributed by atoms with E-state index in [1.54, 1.807) is 0 Å². The Kier molecular flexibility index (Phi) is 6.52. The summed E-state index contributed by atoms with van der Waals surface area (Å²) in [5.41, 5.74) is 1.21. The Labute approximate surface area is 129 Å². The van der Waals surface area contributed by atoms with E-state index < -0.39 is 0 Å². The predicted octanol–water partition coefficient (Wildman–Crippen LogP) is 3.08. The van der Waals surface area contributed by atoms with Crippen molar-refractivity contribution in [1.29, 1.82) is 0 Å². The van der Waals surface area contributed by atoms with E-state index in [9.17, 15) is 0 Å². The van der Waals surface area contributed by atoms with E-state index in [0.717, 1.165) is 32.0 Å². The Bertz CT molecular complexity index is 413. The van der Waals surface area contributed by atoms with Gasteiger partial charge in [0, 0.05) is 25.7 Å². The molecule has 1 aliphatic heterocycles. The summed E-state index contributed by atoms with van der Waals surface area (Å²) in [6.07, 6.45) is 2.63. The predicted molar refractivity (Wildman–Crippen MR) is 89.0 cm³/mol. The first-order chi connectivity index (χ1) is 10.1. The van der Waals surface area contributed by atoms with Gasteiger partial charge in [0.05, 0.1) is 0 Å². The summed E-state index contributed by atoms with van der Waals surface area (Å²) in [5, 5.41) is 3.60. The van der Waals surface area contributed by atoms with E-state index in [2.05, 4.69) is 49.2 Å². The maximum absolute atomic E-state index is 5.95. The molecule has 1 fully saturated rings. The van der Waals surface area contributed by atoms with Gasteiger partial charge in [-0.1, -0.05) is 32.0 Å². The molecule has 0 radical (unpaired) electrons. The molecule has 1 aromatic carbocycles. The van der Waals surface area contributed by atoms with Crippen LogP contribution in [0.4, 0.5) is 0 Å². The molecule has 1 aliphatic rings. The van der Waals surface area contributed by atoms with Crippen molar-refractivity contribution in [2.75, 3.05) is 32.8 Å². The van der Waals surface area contributed by atoms with Crippen LogP contribution in [0.15, 0.2) is 24.3 Å². The lowest BCUT2D eigenvalue weighted by atomic mass is 10.1. The fraction of sp³-hybridized carbons (Fsp3) is 0.667. The van der Waals surface area contributed by atoms with E-state index in [1.807, 2.05) is 6.07 Å². The Morgan fingerprint density at radius 2 is 2.14 bits per heavy atom. The fourth-order valence-electron chi connectivity index (χ4n) is 3.00. The van der Waals surface area contributed by atoms with Gasteiger partial charge in [0.1, 0.15) is 12.4 Å². The molecule has 21 heavy (non-hydrogen) atoms. The average Bonchev–Trinajstić information content (AvgIpc) is 2.93. The molecule has 0 aromatic heterocycles. The lowest BCUT2D eigenvalue weighted by Crippen LogP contribution is -2.41. The second-order valence-corrected chi connectivity index (χ2v) is 6.56. The largest absolute Gasteiger partial charge is 0.492 e. The molecule has 3 heteroatoms. The molecule has 0 spiro atoms. The smallest absolute Gasteiger partial charge is 0.122 e. The first-order valence-electron chi connectivity index (χ1n) is 8.29. The summed E-state index contributed by atoms with van der Waals surface area (Å²) < 4.78 is 5.95. The molecule has 0 aliphatic carbocycles. The van der Waals surface area contributed by atoms with Crippen molar-refractivity contribution in [3.05, 3.63) is 29.8 Å². The maximum atomic E-state index is 5.95. The van der Waals surface area contributed by atoms with Gasteiger partial charge in [0.15, 0.2) is 0 Å². The van der Waals surface area contributed by atoms with Crippen LogP contribution in [0.1, 0.15) is 32.3 Å². The van der Waals surface area contributed by atoms with Crippen molar-refractivity contribution in [2.45, 2.75) is 39.7 Å². The number of nitrogens with zero attached hydrogens (tertiary/aromatic N) is 1. The van der Waals surface area contributed by atoms with Crippen LogP contribution in [0.3, 0.4) is 0 Å². The van der Waals surface area contributed by atoms with Gasteiger partial charge in [-0.25, -0.2) is 0 Å². The van der Waals surface area contributed by atoms with Crippen LogP contribution in [-0.2, 0) is 0 Å². The molecule has 2 rings (SSSR count). The van der Waals surface area contributed by atoms with Gasteiger partial charge < -0.3 is 10.1 Å². The number of ether oxygens (including phenoxy) is 1. The SMILES string of the molecule is Cc1ccccc1OCCN(CC(C)C)CC1CCCN1. The standard InChI is InChI=1S/C18H30N2O/c1-15(2)13-20(14-17-8-6-10-19-17)11-12-21-18-9-5-4-7-16(18)3/h4-5,7,9,15,17,19H,6,8,10-14H2,1-3H3. The van der Waals surface area contributed by atoms with Crippen LogP contribution in [0, 0.1) is 12.8 Å². The lowest BCUT2D eigenvalue weighted by Gasteiger charge is -2.27. The molecule has 0 saturated carbocycles. The van der Waals surface area contributed by atoms with E-state index in [0.29, 0.717) is 12.0 Å². The Morgan fingerprint density at radius 1 is 1.33 bits per heavy atom. The molecule has 1 heterocycles. The highest BCUT2D eigenvalue weighted by Gasteiger charge is 2.18. The van der Waals surface area contributed by atoms with Gasteiger partial charge in [0.25, 0.3) is 0 Å². The molecule has 1 N–H and O–H groups in total. The third-order valence-corrected chi connectivity index (χ3v) is 4.02. The normalized spacial score (nSPS) is 18.6. The highest BCUT2D eigenvalue weighted by molar-refractivity contribution is 5.31. The van der Waals surface area contributed by atoms with E-state index in [-0.39, 0.29) is 0 Å². The summed E-state index contributed by atoms with van der Waals surface area (Å²) in [6.45, 7) is 11.9. The molecule has 1 aromatic rings. The lowest BCUT2D eigenvalue weighted by molar-refractivity contribution is 0.180. The van der Waals surface area contributed by atoms with Crippen molar-refractivity contribution < 1.29 is 4.74 Å². The zero-order valence-corrected chi connectivity index (χ0v) is 13.8. The number of nitrogens with one attached hydrogen (secondary N) is 1. The maximum Gasteiger partial charge on any atom is 0.122 e. The average molecular weight is 290 g/mol. The van der Waals surface area contributed by atoms with Gasteiger partial charge in [-0.15, -0.1) is 0 Å². The number of hydrogen-bond acceptors (Lipinski definition) is 3.